The van der Waals surface area contributed by atoms with Crippen molar-refractivity contribution in [2.45, 2.75) is 31.2 Å². The Kier molecular flexibility index (Phi) is 2.44. The van der Waals surface area contributed by atoms with Gasteiger partial charge >= 0.3 is 0 Å². The van der Waals surface area contributed by atoms with E-state index in [1.54, 1.807) is 0 Å². The summed E-state index contributed by atoms with van der Waals surface area (Å²) in [6.07, 6.45) is 4.79. The Morgan fingerprint density at radius 1 is 1.24 bits per heavy atom. The third kappa shape index (κ3) is 1.85. The normalized spacial score (nSPS) is 22.9. The lowest BCUT2D eigenvalue weighted by atomic mass is 9.62. The molecule has 0 bridgehead atoms. The average Bonchev–Trinajstić information content (AvgIpc) is 3.09. The van der Waals surface area contributed by atoms with E-state index in [1.165, 1.54) is 18.4 Å². The van der Waals surface area contributed by atoms with Crippen LogP contribution in [0.15, 0.2) is 30.3 Å². The molecule has 3 heteroatoms. The summed E-state index contributed by atoms with van der Waals surface area (Å²) in [6, 6.07) is 10.3. The monoisotopic (exact) mass is 249 g/mol. The van der Waals surface area contributed by atoms with Gasteiger partial charge in [-0.2, -0.15) is 0 Å². The molecule has 0 aromatic heterocycles. The number of nitrogens with one attached hydrogen (secondary N) is 1. The van der Waals surface area contributed by atoms with Crippen molar-refractivity contribution in [2.75, 3.05) is 5.88 Å². The fourth-order valence-electron chi connectivity index (χ4n) is 3.18. The van der Waals surface area contributed by atoms with Gasteiger partial charge in [0.2, 0.25) is 5.91 Å². The third-order valence-electron chi connectivity index (χ3n) is 4.14. The van der Waals surface area contributed by atoms with Crippen LogP contribution in [0.5, 0.6) is 0 Å². The highest BCUT2D eigenvalue weighted by Gasteiger charge is 2.61. The summed E-state index contributed by atoms with van der Waals surface area (Å²) in [4.78, 5) is 11.6. The molecule has 2 saturated carbocycles. The molecule has 1 aromatic rings. The van der Waals surface area contributed by atoms with Crippen LogP contribution in [0, 0.1) is 5.41 Å². The van der Waals surface area contributed by atoms with Gasteiger partial charge in [0.15, 0.2) is 0 Å². The highest BCUT2D eigenvalue weighted by Crippen LogP contribution is 2.67. The first kappa shape index (κ1) is 11.1. The Morgan fingerprint density at radius 3 is 2.41 bits per heavy atom. The van der Waals surface area contributed by atoms with Gasteiger partial charge in [-0.3, -0.25) is 4.79 Å². The van der Waals surface area contributed by atoms with E-state index in [-0.39, 0.29) is 17.3 Å². The molecule has 2 aliphatic rings. The first-order valence-electron chi connectivity index (χ1n) is 6.11. The molecule has 1 aromatic carbocycles. The molecule has 0 radical (unpaired) electrons. The van der Waals surface area contributed by atoms with Crippen LogP contribution in [0.25, 0.3) is 0 Å². The molecule has 90 valence electrons. The van der Waals surface area contributed by atoms with Crippen molar-refractivity contribution in [1.82, 2.24) is 5.32 Å². The van der Waals surface area contributed by atoms with Gasteiger partial charge in [-0.15, -0.1) is 11.6 Å². The number of amides is 1. The van der Waals surface area contributed by atoms with Crippen LogP contribution >= 0.6 is 11.6 Å². The van der Waals surface area contributed by atoms with E-state index in [4.69, 9.17) is 11.6 Å². The van der Waals surface area contributed by atoms with Crippen LogP contribution in [-0.4, -0.2) is 11.8 Å². The number of benzene rings is 1. The molecule has 3 rings (SSSR count). The summed E-state index contributed by atoms with van der Waals surface area (Å²) in [5, 5.41) is 3.12. The van der Waals surface area contributed by atoms with Gasteiger partial charge < -0.3 is 5.32 Å². The summed E-state index contributed by atoms with van der Waals surface area (Å²) in [5.74, 6) is -0.0206. The van der Waals surface area contributed by atoms with Gasteiger partial charge in [0.25, 0.3) is 0 Å². The van der Waals surface area contributed by atoms with Gasteiger partial charge in [0.1, 0.15) is 5.88 Å². The van der Waals surface area contributed by atoms with Crippen molar-refractivity contribution in [3.63, 3.8) is 0 Å². The number of rotatable bonds is 3. The van der Waals surface area contributed by atoms with Crippen LogP contribution in [0.1, 0.15) is 31.2 Å². The minimum Gasteiger partial charge on any atom is -0.346 e. The maximum absolute atomic E-state index is 11.6. The number of hydrogen-bond acceptors (Lipinski definition) is 1. The van der Waals surface area contributed by atoms with Gasteiger partial charge in [0, 0.05) is 0 Å². The SMILES string of the molecule is O=C(CCl)NC1(c2ccccc2)CC2(CC2)C1. The Hall–Kier alpha value is -1.02. The summed E-state index contributed by atoms with van der Waals surface area (Å²) in [6.45, 7) is 0. The minimum absolute atomic E-state index is 0.0432. The van der Waals surface area contributed by atoms with Crippen molar-refractivity contribution < 1.29 is 4.79 Å². The van der Waals surface area contributed by atoms with Crippen LogP contribution in [0.3, 0.4) is 0 Å². The minimum atomic E-state index is -0.149. The molecule has 1 amide bonds. The summed E-state index contributed by atoms with van der Waals surface area (Å²) in [5.41, 5.74) is 1.61. The Morgan fingerprint density at radius 2 is 1.88 bits per heavy atom. The topological polar surface area (TPSA) is 29.1 Å². The van der Waals surface area contributed by atoms with E-state index < -0.39 is 0 Å². The molecular weight excluding hydrogens is 234 g/mol. The lowest BCUT2D eigenvalue weighted by Gasteiger charge is -2.49. The molecule has 2 fully saturated rings. The fourth-order valence-corrected chi connectivity index (χ4v) is 3.25. The maximum atomic E-state index is 11.6. The highest BCUT2D eigenvalue weighted by atomic mass is 35.5. The van der Waals surface area contributed by atoms with Crippen molar-refractivity contribution in [2.24, 2.45) is 5.41 Å². The Labute approximate surface area is 106 Å². The Balaban J connectivity index is 1.85. The van der Waals surface area contributed by atoms with Crippen LogP contribution in [0.2, 0.25) is 0 Å². The first-order valence-corrected chi connectivity index (χ1v) is 6.64. The van der Waals surface area contributed by atoms with Crippen molar-refractivity contribution in [3.8, 4) is 0 Å². The molecular formula is C14H16ClNO. The zero-order chi connectivity index (χ0) is 11.9. The molecule has 0 heterocycles. The summed E-state index contributed by atoms with van der Waals surface area (Å²) < 4.78 is 0. The quantitative estimate of drug-likeness (QED) is 0.820. The van der Waals surface area contributed by atoms with Crippen LogP contribution < -0.4 is 5.32 Å². The molecule has 0 aliphatic heterocycles. The Bertz CT molecular complexity index is 431. The van der Waals surface area contributed by atoms with E-state index in [0.29, 0.717) is 5.41 Å². The lowest BCUT2D eigenvalue weighted by Crippen LogP contribution is -2.56. The molecule has 1 spiro atoms. The molecule has 0 atom stereocenters. The van der Waals surface area contributed by atoms with Crippen LogP contribution in [-0.2, 0) is 10.3 Å². The highest BCUT2D eigenvalue weighted by molar-refractivity contribution is 6.27. The fraction of sp³-hybridized carbons (Fsp3) is 0.500. The second-order valence-electron chi connectivity index (χ2n) is 5.48. The zero-order valence-electron chi connectivity index (χ0n) is 9.71. The van der Waals surface area contributed by atoms with E-state index >= 15 is 0 Å². The standard InChI is InChI=1S/C14H16ClNO/c15-8-12(17)16-14(9-13(10-14)6-7-13)11-4-2-1-3-5-11/h1-5H,6-10H2,(H,16,17). The van der Waals surface area contributed by atoms with E-state index in [0.717, 1.165) is 12.8 Å². The second kappa shape index (κ2) is 3.74. The van der Waals surface area contributed by atoms with E-state index in [9.17, 15) is 4.79 Å². The maximum Gasteiger partial charge on any atom is 0.235 e. The molecule has 2 nitrogen and oxygen atoms in total. The lowest BCUT2D eigenvalue weighted by molar-refractivity contribution is -0.123. The second-order valence-corrected chi connectivity index (χ2v) is 5.75. The molecule has 17 heavy (non-hydrogen) atoms. The van der Waals surface area contributed by atoms with E-state index in [1.807, 2.05) is 18.2 Å². The largest absolute Gasteiger partial charge is 0.346 e. The average molecular weight is 250 g/mol. The predicted octanol–water partition coefficient (Wildman–Crippen LogP) is 2.81. The first-order chi connectivity index (χ1) is 8.18. The van der Waals surface area contributed by atoms with Crippen molar-refractivity contribution in [3.05, 3.63) is 35.9 Å². The number of alkyl halides is 1. The smallest absolute Gasteiger partial charge is 0.235 e. The van der Waals surface area contributed by atoms with Gasteiger partial charge in [-0.05, 0) is 36.7 Å². The van der Waals surface area contributed by atoms with Gasteiger partial charge in [-0.25, -0.2) is 0 Å². The van der Waals surface area contributed by atoms with Gasteiger partial charge in [0.05, 0.1) is 5.54 Å². The van der Waals surface area contributed by atoms with Gasteiger partial charge in [-0.1, -0.05) is 30.3 Å². The molecule has 0 unspecified atom stereocenters. The molecule has 2 aliphatic carbocycles. The summed E-state index contributed by atoms with van der Waals surface area (Å²) in [7, 11) is 0. The number of carbonyl (C=O) groups excluding carboxylic acids is 1. The predicted molar refractivity (Wildman–Crippen MR) is 67.9 cm³/mol. The number of halogens is 1. The van der Waals surface area contributed by atoms with Crippen molar-refractivity contribution >= 4 is 17.5 Å². The van der Waals surface area contributed by atoms with E-state index in [2.05, 4.69) is 17.4 Å². The molecule has 0 saturated heterocycles. The summed E-state index contributed by atoms with van der Waals surface area (Å²) >= 11 is 5.60. The van der Waals surface area contributed by atoms with Crippen molar-refractivity contribution in [1.29, 1.82) is 0 Å². The number of hydrogen-bond donors (Lipinski definition) is 1. The molecule has 1 N–H and O–H groups in total. The third-order valence-corrected chi connectivity index (χ3v) is 4.38. The zero-order valence-corrected chi connectivity index (χ0v) is 10.5. The number of carbonyl (C=O) groups is 1. The van der Waals surface area contributed by atoms with Crippen LogP contribution in [0.4, 0.5) is 0 Å².